The lowest BCUT2D eigenvalue weighted by molar-refractivity contribution is -0.268. The molecule has 0 aliphatic carbocycles. The van der Waals surface area contributed by atoms with E-state index in [0.717, 1.165) is 20.5 Å². The summed E-state index contributed by atoms with van der Waals surface area (Å²) in [7, 11) is -3.75. The molecule has 1 fully saturated rings. The Hall–Kier alpha value is -2.80. The summed E-state index contributed by atoms with van der Waals surface area (Å²) < 4.78 is 42.3. The average molecular weight is 584 g/mol. The van der Waals surface area contributed by atoms with Gasteiger partial charge in [0.15, 0.2) is 10.6 Å². The number of aromatic nitrogens is 2. The minimum absolute atomic E-state index is 0.0162. The van der Waals surface area contributed by atoms with Crippen LogP contribution in [0.1, 0.15) is 41.0 Å². The van der Waals surface area contributed by atoms with Crippen LogP contribution in [0.2, 0.25) is 0 Å². The Balaban J connectivity index is 1.40. The number of aliphatic hydroxyl groups is 1. The second-order valence-electron chi connectivity index (χ2n) is 9.26. The Kier molecular flexibility index (Phi) is 8.65. The highest BCUT2D eigenvalue weighted by molar-refractivity contribution is 8.01. The van der Waals surface area contributed by atoms with E-state index in [1.165, 1.54) is 0 Å². The molecule has 5 rings (SSSR count). The second-order valence-corrected chi connectivity index (χ2v) is 13.4. The molecule has 2 heterocycles. The number of nitrogens with zero attached hydrogens (tertiary/aromatic N) is 2. The normalized spacial score (nSPS) is 21.5. The van der Waals surface area contributed by atoms with E-state index in [2.05, 4.69) is 21.8 Å². The summed E-state index contributed by atoms with van der Waals surface area (Å²) in [6.07, 6.45) is -1.17. The van der Waals surface area contributed by atoms with Crippen LogP contribution in [0.3, 0.4) is 0 Å². The van der Waals surface area contributed by atoms with E-state index in [9.17, 15) is 13.5 Å². The Labute approximate surface area is 236 Å². The predicted octanol–water partition coefficient (Wildman–Crippen LogP) is 5.72. The van der Waals surface area contributed by atoms with E-state index in [4.69, 9.17) is 9.47 Å². The van der Waals surface area contributed by atoms with Gasteiger partial charge in [-0.2, -0.15) is 0 Å². The minimum atomic E-state index is -3.75. The largest absolute Gasteiger partial charge is 0.392 e. The number of aliphatic hydroxyl groups excluding tert-OH is 1. The summed E-state index contributed by atoms with van der Waals surface area (Å²) in [5.74, 6) is 0.670. The molecule has 3 aromatic carbocycles. The fourth-order valence-corrected chi connectivity index (χ4v) is 7.44. The van der Waals surface area contributed by atoms with Crippen molar-refractivity contribution in [2.45, 2.75) is 48.2 Å². The Morgan fingerprint density at radius 1 is 0.974 bits per heavy atom. The van der Waals surface area contributed by atoms with Gasteiger partial charge in [-0.15, -0.1) is 10.2 Å². The highest BCUT2D eigenvalue weighted by Gasteiger charge is 2.38. The number of aryl methyl sites for hydroxylation is 1. The third-order valence-corrected chi connectivity index (χ3v) is 9.92. The fourth-order valence-electron chi connectivity index (χ4n) is 4.36. The summed E-state index contributed by atoms with van der Waals surface area (Å²) in [6.45, 7) is 4.00. The highest BCUT2D eigenvalue weighted by Crippen LogP contribution is 2.43. The van der Waals surface area contributed by atoms with Crippen LogP contribution in [-0.2, 0) is 26.1 Å². The maximum absolute atomic E-state index is 12.9. The van der Waals surface area contributed by atoms with Crippen molar-refractivity contribution in [3.05, 3.63) is 101 Å². The van der Waals surface area contributed by atoms with Crippen LogP contribution in [0.5, 0.6) is 0 Å². The van der Waals surface area contributed by atoms with Crippen LogP contribution in [0.15, 0.2) is 88.1 Å². The molecule has 1 aromatic heterocycles. The molecule has 0 saturated carbocycles. The third-order valence-electron chi connectivity index (χ3n) is 6.47. The first-order valence-electron chi connectivity index (χ1n) is 12.4. The molecule has 4 atom stereocenters. The van der Waals surface area contributed by atoms with E-state index in [1.807, 2.05) is 37.3 Å². The van der Waals surface area contributed by atoms with Gasteiger partial charge in [-0.25, -0.2) is 8.42 Å². The standard InChI is InChI=1S/C28H29N3O5S3/c1-18-25(17-37-28-30-29-19(2)38-28)35-27(36-26(18)21-13-11-20(16-32)12-14-21)22-7-6-8-23(15-22)31-39(33,34)24-9-4-3-5-10-24/h3-15,18,25-27,31-32H,16-17H2,1-2H3/t18-,25+,26+,27?/m0/s1. The van der Waals surface area contributed by atoms with Gasteiger partial charge in [0.05, 0.1) is 23.7 Å². The number of anilines is 1. The van der Waals surface area contributed by atoms with E-state index in [-0.39, 0.29) is 29.6 Å². The van der Waals surface area contributed by atoms with E-state index < -0.39 is 16.3 Å². The van der Waals surface area contributed by atoms with Crippen molar-refractivity contribution in [2.75, 3.05) is 10.5 Å². The third kappa shape index (κ3) is 6.68. The molecule has 39 heavy (non-hydrogen) atoms. The number of sulfonamides is 1. The molecule has 8 nitrogen and oxygen atoms in total. The minimum Gasteiger partial charge on any atom is -0.392 e. The van der Waals surface area contributed by atoms with Crippen molar-refractivity contribution in [1.82, 2.24) is 10.2 Å². The average Bonchev–Trinajstić information content (AvgIpc) is 3.38. The van der Waals surface area contributed by atoms with Crippen LogP contribution in [0, 0.1) is 12.8 Å². The Bertz CT molecular complexity index is 1500. The topological polar surface area (TPSA) is 111 Å². The Morgan fingerprint density at radius 3 is 2.44 bits per heavy atom. The van der Waals surface area contributed by atoms with Gasteiger partial charge in [-0.05, 0) is 42.3 Å². The van der Waals surface area contributed by atoms with Gasteiger partial charge in [0.2, 0.25) is 0 Å². The van der Waals surface area contributed by atoms with E-state index in [0.29, 0.717) is 17.0 Å². The summed E-state index contributed by atoms with van der Waals surface area (Å²) in [5.41, 5.74) is 2.93. The van der Waals surface area contributed by atoms with Crippen LogP contribution < -0.4 is 4.72 Å². The summed E-state index contributed by atoms with van der Waals surface area (Å²) in [5, 5.41) is 18.7. The van der Waals surface area contributed by atoms with E-state index >= 15 is 0 Å². The summed E-state index contributed by atoms with van der Waals surface area (Å²) in [6, 6.07) is 23.1. The SMILES string of the molecule is Cc1nnc(SC[C@H]2OC(c3cccc(NS(=O)(=O)c4ccccc4)c3)O[C@@H](c3ccc(CO)cc3)[C@H]2C)s1. The van der Waals surface area contributed by atoms with Gasteiger partial charge in [-0.1, -0.05) is 84.6 Å². The zero-order valence-electron chi connectivity index (χ0n) is 21.4. The zero-order chi connectivity index (χ0) is 27.4. The van der Waals surface area contributed by atoms with Crippen LogP contribution in [0.25, 0.3) is 0 Å². The number of nitrogens with one attached hydrogen (secondary N) is 1. The molecule has 1 saturated heterocycles. The highest BCUT2D eigenvalue weighted by atomic mass is 32.2. The molecular formula is C28H29N3O5S3. The van der Waals surface area contributed by atoms with Gasteiger partial charge in [0, 0.05) is 22.9 Å². The fraction of sp³-hybridized carbons (Fsp3) is 0.286. The van der Waals surface area contributed by atoms with Crippen molar-refractivity contribution >= 4 is 38.8 Å². The molecule has 0 spiro atoms. The molecule has 1 aliphatic rings. The number of hydrogen-bond acceptors (Lipinski definition) is 9. The molecule has 0 bridgehead atoms. The number of hydrogen-bond donors (Lipinski definition) is 2. The van der Waals surface area contributed by atoms with Crippen molar-refractivity contribution in [1.29, 1.82) is 0 Å². The maximum Gasteiger partial charge on any atom is 0.261 e. The van der Waals surface area contributed by atoms with Gasteiger partial charge >= 0.3 is 0 Å². The molecule has 0 amide bonds. The lowest BCUT2D eigenvalue weighted by Gasteiger charge is -2.41. The number of rotatable bonds is 9. The van der Waals surface area contributed by atoms with Crippen molar-refractivity contribution < 1.29 is 23.0 Å². The lowest BCUT2D eigenvalue weighted by atomic mass is 9.91. The first-order chi connectivity index (χ1) is 18.8. The number of thioether (sulfide) groups is 1. The number of benzene rings is 3. The Morgan fingerprint density at radius 2 is 1.74 bits per heavy atom. The predicted molar refractivity (Wildman–Crippen MR) is 152 cm³/mol. The molecule has 1 unspecified atom stereocenters. The first-order valence-corrected chi connectivity index (χ1v) is 15.7. The van der Waals surface area contributed by atoms with Gasteiger partial charge in [-0.3, -0.25) is 4.72 Å². The molecule has 1 aliphatic heterocycles. The van der Waals surface area contributed by atoms with Gasteiger partial charge < -0.3 is 14.6 Å². The zero-order valence-corrected chi connectivity index (χ0v) is 23.9. The molecule has 204 valence electrons. The van der Waals surface area contributed by atoms with Crippen LogP contribution in [-0.4, -0.2) is 35.6 Å². The van der Waals surface area contributed by atoms with Crippen molar-refractivity contribution in [2.24, 2.45) is 5.92 Å². The molecule has 0 radical (unpaired) electrons. The van der Waals surface area contributed by atoms with Gasteiger partial charge in [0.25, 0.3) is 10.0 Å². The van der Waals surface area contributed by atoms with Crippen molar-refractivity contribution in [3.63, 3.8) is 0 Å². The van der Waals surface area contributed by atoms with Crippen molar-refractivity contribution in [3.8, 4) is 0 Å². The van der Waals surface area contributed by atoms with Crippen LogP contribution in [0.4, 0.5) is 5.69 Å². The summed E-state index contributed by atoms with van der Waals surface area (Å²) in [4.78, 5) is 0.185. The first kappa shape index (κ1) is 27.8. The molecule has 11 heteroatoms. The molecule has 2 N–H and O–H groups in total. The summed E-state index contributed by atoms with van der Waals surface area (Å²) >= 11 is 3.15. The second kappa shape index (κ2) is 12.2. The maximum atomic E-state index is 12.9. The van der Waals surface area contributed by atoms with Gasteiger partial charge in [0.1, 0.15) is 5.01 Å². The van der Waals surface area contributed by atoms with Crippen LogP contribution >= 0.6 is 23.1 Å². The molecular weight excluding hydrogens is 555 g/mol. The lowest BCUT2D eigenvalue weighted by Crippen LogP contribution is -2.38. The smallest absolute Gasteiger partial charge is 0.261 e. The quantitative estimate of drug-likeness (QED) is 0.241. The molecule has 4 aromatic rings. The number of ether oxygens (including phenoxy) is 2. The monoisotopic (exact) mass is 583 g/mol. The van der Waals surface area contributed by atoms with E-state index in [1.54, 1.807) is 71.6 Å².